The van der Waals surface area contributed by atoms with Crippen molar-refractivity contribution < 1.29 is 116 Å². The average Bonchev–Trinajstić information content (AvgIpc) is 1.11. The molecule has 0 bridgehead atoms. The molecule has 45 heteroatoms. The van der Waals surface area contributed by atoms with Gasteiger partial charge in [0.1, 0.15) is 72.5 Å². The molecule has 0 aromatic heterocycles. The quantitative estimate of drug-likeness (QED) is 0.0153. The first-order valence-corrected chi connectivity index (χ1v) is 35.4. The fourth-order valence-corrected chi connectivity index (χ4v) is 11.7. The molecule has 0 aromatic carbocycles. The van der Waals surface area contributed by atoms with Gasteiger partial charge in [0, 0.05) is 45.9 Å². The van der Waals surface area contributed by atoms with Crippen LogP contribution in [0.3, 0.4) is 0 Å². The first-order valence-electron chi connectivity index (χ1n) is 35.4. The molecule has 27 N–H and O–H groups in total. The zero-order valence-corrected chi connectivity index (χ0v) is 62.5. The number of likely N-dealkylation sites (N-methyl/N-ethyl adjacent to an activating group) is 1. The van der Waals surface area contributed by atoms with E-state index >= 15 is 0 Å². The summed E-state index contributed by atoms with van der Waals surface area (Å²) < 4.78 is 0. The number of carbonyl (C=O) groups excluding carboxylic acids is 16. The zero-order chi connectivity index (χ0) is 83.6. The van der Waals surface area contributed by atoms with E-state index in [-0.39, 0.29) is 77.0 Å². The molecule has 0 saturated carbocycles. The number of guanidine groups is 1. The summed E-state index contributed by atoms with van der Waals surface area (Å²) in [6.45, 7) is 7.03. The summed E-state index contributed by atoms with van der Waals surface area (Å²) in [5.41, 5.74) is 31.8. The lowest BCUT2D eigenvalue weighted by molar-refractivity contribution is -0.146. The third-order valence-corrected chi connectivity index (χ3v) is 17.4. The minimum absolute atomic E-state index is 0.00526. The van der Waals surface area contributed by atoms with Gasteiger partial charge in [-0.25, -0.2) is 4.79 Å². The molecule has 13 atom stereocenters. The summed E-state index contributed by atoms with van der Waals surface area (Å²) in [5.74, 6) is -22.1. The van der Waals surface area contributed by atoms with Crippen LogP contribution in [0.15, 0.2) is 4.99 Å². The largest absolute Gasteiger partial charge is 0.481 e. The number of nitrogens with zero attached hydrogens (tertiary/aromatic N) is 4. The summed E-state index contributed by atoms with van der Waals surface area (Å²) >= 11 is 0. The van der Waals surface area contributed by atoms with Crippen molar-refractivity contribution in [2.75, 3.05) is 46.3 Å². The molecule has 2 saturated heterocycles. The summed E-state index contributed by atoms with van der Waals surface area (Å²) in [6.07, 6.45) is -3.48. The Balaban J connectivity index is 2.26. The lowest BCUT2D eigenvalue weighted by Crippen LogP contribution is -2.60. The highest BCUT2D eigenvalue weighted by Gasteiger charge is 2.44. The van der Waals surface area contributed by atoms with E-state index in [0.717, 1.165) is 23.6 Å². The Morgan fingerprint density at radius 2 is 0.955 bits per heavy atom. The number of likely N-dealkylation sites (tertiary alicyclic amines) is 2. The molecule has 0 radical (unpaired) electrons. The molecule has 616 valence electrons. The second-order valence-electron chi connectivity index (χ2n) is 27.5. The SMILES string of the molecule is C[C@H](NC(=O)[C@H](CC(=O)O)NC(=O)[C@H](C)NC(=O)[C@H](CCC(=O)O)NC(=O)[C@H](CCC(=O)O)NC(=O)[C@@H]1CCCN1C(=O)[C@H](C)NC(=O)CNC(=O)[C@@H](N(C)C(=O)[C@H](CCCN=C(N)N)NC(=O)[C@@H]1CCCN1C(=O)CNC(=O)[C@H](CCC(N)=O)NC(=O)[C@@H](N)CCCCN)C(C)(C)C)C(=O)N[C@@H](CC(N)=O)C(=O)O. The highest BCUT2D eigenvalue weighted by Crippen LogP contribution is 2.26. The summed E-state index contributed by atoms with van der Waals surface area (Å²) in [5, 5.41) is 63.3. The van der Waals surface area contributed by atoms with E-state index in [1.807, 2.05) is 5.32 Å². The molecule has 0 unspecified atom stereocenters. The summed E-state index contributed by atoms with van der Waals surface area (Å²) in [6, 6.07) is -19.8. The average molecular weight is 1570 g/mol. The number of primary amides is 2. The van der Waals surface area contributed by atoms with Crippen molar-refractivity contribution in [2.24, 2.45) is 44.8 Å². The van der Waals surface area contributed by atoms with Crippen molar-refractivity contribution in [3.05, 3.63) is 0 Å². The molecule has 2 heterocycles. The van der Waals surface area contributed by atoms with Gasteiger partial charge < -0.3 is 128 Å². The monoisotopic (exact) mass is 1570 g/mol. The lowest BCUT2D eigenvalue weighted by Gasteiger charge is -2.38. The van der Waals surface area contributed by atoms with E-state index in [2.05, 4.69) is 58.2 Å². The maximum absolute atomic E-state index is 14.6. The predicted molar refractivity (Wildman–Crippen MR) is 383 cm³/mol. The van der Waals surface area contributed by atoms with Crippen LogP contribution >= 0.6 is 0 Å². The highest BCUT2D eigenvalue weighted by atomic mass is 16.4. The number of carboxylic acid groups (broad SMARTS) is 4. The smallest absolute Gasteiger partial charge is 0.326 e. The van der Waals surface area contributed by atoms with Crippen LogP contribution in [-0.4, -0.2) is 284 Å². The summed E-state index contributed by atoms with van der Waals surface area (Å²) in [4.78, 5) is 269. The minimum atomic E-state index is -1.97. The highest BCUT2D eigenvalue weighted by molar-refractivity contribution is 6.01. The van der Waals surface area contributed by atoms with Crippen LogP contribution < -0.4 is 92.9 Å². The molecule has 45 nitrogen and oxygen atoms in total. The van der Waals surface area contributed by atoms with Gasteiger partial charge in [0.25, 0.3) is 0 Å². The van der Waals surface area contributed by atoms with E-state index < -0.39 is 254 Å². The van der Waals surface area contributed by atoms with Crippen molar-refractivity contribution in [3.63, 3.8) is 0 Å². The van der Waals surface area contributed by atoms with Gasteiger partial charge in [-0.3, -0.25) is 96.1 Å². The van der Waals surface area contributed by atoms with Crippen molar-refractivity contribution >= 4 is 124 Å². The number of unbranched alkanes of at least 4 members (excludes halogenated alkanes) is 1. The fraction of sp³-hybridized carbons (Fsp3) is 0.677. The number of amides is 16. The van der Waals surface area contributed by atoms with Gasteiger partial charge in [0.2, 0.25) is 94.5 Å². The molecule has 110 heavy (non-hydrogen) atoms. The number of carboxylic acids is 4. The number of aliphatic carboxylic acids is 4. The fourth-order valence-electron chi connectivity index (χ4n) is 11.7. The summed E-state index contributed by atoms with van der Waals surface area (Å²) in [7, 11) is 1.28. The van der Waals surface area contributed by atoms with Crippen molar-refractivity contribution in [1.29, 1.82) is 0 Å². The van der Waals surface area contributed by atoms with Crippen LogP contribution in [0.25, 0.3) is 0 Å². The normalized spacial score (nSPS) is 16.8. The van der Waals surface area contributed by atoms with Crippen LogP contribution in [0.2, 0.25) is 0 Å². The zero-order valence-electron chi connectivity index (χ0n) is 62.5. The van der Waals surface area contributed by atoms with E-state index in [1.54, 1.807) is 20.8 Å². The van der Waals surface area contributed by atoms with Crippen LogP contribution in [0.5, 0.6) is 0 Å². The van der Waals surface area contributed by atoms with Gasteiger partial charge in [0.05, 0.1) is 32.0 Å². The third kappa shape index (κ3) is 33.0. The Morgan fingerprint density at radius 3 is 1.46 bits per heavy atom. The molecule has 2 fully saturated rings. The van der Waals surface area contributed by atoms with Crippen molar-refractivity contribution in [2.45, 2.75) is 229 Å². The molecule has 2 aliphatic heterocycles. The van der Waals surface area contributed by atoms with Crippen LogP contribution in [0, 0.1) is 5.41 Å². The van der Waals surface area contributed by atoms with E-state index in [0.29, 0.717) is 25.8 Å². The Bertz CT molecular complexity index is 3400. The van der Waals surface area contributed by atoms with Gasteiger partial charge in [-0.15, -0.1) is 0 Å². The van der Waals surface area contributed by atoms with Gasteiger partial charge in [-0.05, 0) is 103 Å². The molecule has 16 amide bonds. The Hall–Kier alpha value is -11.4. The maximum Gasteiger partial charge on any atom is 0.326 e. The molecule has 0 spiro atoms. The van der Waals surface area contributed by atoms with Gasteiger partial charge in [-0.1, -0.05) is 27.2 Å². The third-order valence-electron chi connectivity index (χ3n) is 17.4. The van der Waals surface area contributed by atoms with Crippen molar-refractivity contribution in [3.8, 4) is 0 Å². The van der Waals surface area contributed by atoms with Gasteiger partial charge in [0.15, 0.2) is 5.96 Å². The van der Waals surface area contributed by atoms with E-state index in [4.69, 9.17) is 34.4 Å². The second-order valence-corrected chi connectivity index (χ2v) is 27.5. The second kappa shape index (κ2) is 46.1. The molecule has 0 aliphatic carbocycles. The number of nitrogens with two attached hydrogens (primary N) is 6. The number of aliphatic imine (C=N–C) groups is 1. The van der Waals surface area contributed by atoms with Crippen LogP contribution in [0.1, 0.15) is 151 Å². The van der Waals surface area contributed by atoms with Gasteiger partial charge >= 0.3 is 23.9 Å². The Morgan fingerprint density at radius 1 is 0.482 bits per heavy atom. The number of carbonyl (C=O) groups is 20. The van der Waals surface area contributed by atoms with E-state index in [1.165, 1.54) is 18.9 Å². The van der Waals surface area contributed by atoms with E-state index in [9.17, 15) is 116 Å². The number of hydrogen-bond acceptors (Lipinski definition) is 23. The predicted octanol–water partition coefficient (Wildman–Crippen LogP) is -9.56. The number of rotatable bonds is 48. The molecule has 0 aromatic rings. The first-order chi connectivity index (χ1) is 51.3. The molecule has 2 aliphatic rings. The van der Waals surface area contributed by atoms with Crippen molar-refractivity contribution in [1.82, 2.24) is 73.2 Å². The Labute approximate surface area is 632 Å². The number of hydrogen-bond donors (Lipinski definition) is 21. The van der Waals surface area contributed by atoms with Crippen LogP contribution in [-0.2, 0) is 95.9 Å². The minimum Gasteiger partial charge on any atom is -0.481 e. The molecule has 2 rings (SSSR count). The molecular formula is C65H107N21O24. The van der Waals surface area contributed by atoms with Crippen LogP contribution in [0.4, 0.5) is 0 Å². The standard InChI is InChI=1S/C65H107N21O24/c1-31(51(97)82-39(28-49(95)96)57(103)77-32(2)52(98)83-40(63(109)110)27-44(69)88)76-55(101)36(18-21-47(91)92)79-56(102)37(19-22-48(93)94)80-59(105)42-16-12-26-86(42)61(107)33(3)75-45(89)29-73-60(106)50(65(4,5)6)84(7)62(108)38(14-10-24-72-64(70)71)81-58(104)41-15-11-25-85(41)46(90)30-74-54(100)35(17-20-43(68)87)78-53(99)34(67)13-8-9-23-66/h31-42,50H,8-30,66-67H2,1-7H3,(H2,68,87)(H2,69,88)(H,73,106)(H,74,100)(H,75,89)(H,76,101)(H,77,103)(H,78,99)(H,79,102)(H,80,105)(H,81,104)(H,82,97)(H,83,98)(H,91,92)(H,93,94)(H,95,96)(H,109,110)(H4,70,71,72)/t31-,32-,33-,34-,35-,36-,37-,38-,39-,40-,41-,42-,50+/m0/s1. The van der Waals surface area contributed by atoms with Gasteiger partial charge in [-0.2, -0.15) is 0 Å². The maximum atomic E-state index is 14.6. The first kappa shape index (κ1) is 94.7. The molecular weight excluding hydrogens is 1460 g/mol. The number of nitrogens with one attached hydrogen (secondary N) is 11. The lowest BCUT2D eigenvalue weighted by atomic mass is 9.84. The topological polar surface area (TPSA) is 733 Å². The Kier molecular flexibility index (Phi) is 39.6.